The molecule has 1 amide bonds. The van der Waals surface area contributed by atoms with Crippen LogP contribution in [-0.2, 0) is 10.9 Å². The zero-order chi connectivity index (χ0) is 20.5. The molecule has 0 aliphatic carbocycles. The molecule has 2 aromatic heterocycles. The molecular formula is C19H18F3N3O3. The maximum atomic E-state index is 13.4. The van der Waals surface area contributed by atoms with Crippen molar-refractivity contribution >= 4 is 17.0 Å². The largest absolute Gasteiger partial charge is 0.417 e. The summed E-state index contributed by atoms with van der Waals surface area (Å²) in [6.07, 6.45) is -4.57. The lowest BCUT2D eigenvalue weighted by atomic mass is 10.0. The number of pyridine rings is 1. The van der Waals surface area contributed by atoms with Gasteiger partial charge in [0, 0.05) is 18.7 Å². The van der Waals surface area contributed by atoms with Gasteiger partial charge in [-0.25, -0.2) is 4.98 Å². The predicted octanol–water partition coefficient (Wildman–Crippen LogP) is 3.98. The summed E-state index contributed by atoms with van der Waals surface area (Å²) in [6.45, 7) is 3.67. The Balaban J connectivity index is 2.16. The molecule has 1 aromatic carbocycles. The van der Waals surface area contributed by atoms with Crippen molar-refractivity contribution in [3.05, 3.63) is 47.2 Å². The van der Waals surface area contributed by atoms with Crippen LogP contribution in [0.5, 0.6) is 0 Å². The Bertz CT molecular complexity index is 1010. The van der Waals surface area contributed by atoms with Gasteiger partial charge in [0.15, 0.2) is 0 Å². The highest BCUT2D eigenvalue weighted by atomic mass is 19.4. The van der Waals surface area contributed by atoms with Crippen LogP contribution in [0.4, 0.5) is 13.2 Å². The molecule has 1 N–H and O–H groups in total. The number of nitrogens with one attached hydrogen (secondary N) is 1. The lowest BCUT2D eigenvalue weighted by Gasteiger charge is -2.15. The van der Waals surface area contributed by atoms with Crippen LogP contribution < -0.4 is 5.32 Å². The molecule has 3 aromatic rings. The molecule has 28 heavy (non-hydrogen) atoms. The van der Waals surface area contributed by atoms with Gasteiger partial charge in [0.05, 0.1) is 34.5 Å². The highest BCUT2D eigenvalue weighted by molar-refractivity contribution is 6.07. The molecule has 0 radical (unpaired) electrons. The van der Waals surface area contributed by atoms with E-state index < -0.39 is 17.6 Å². The average Bonchev–Trinajstić information content (AvgIpc) is 3.01. The number of hydrogen-bond acceptors (Lipinski definition) is 5. The molecule has 2 heterocycles. The maximum absolute atomic E-state index is 13.4. The van der Waals surface area contributed by atoms with E-state index in [1.165, 1.54) is 31.4 Å². The summed E-state index contributed by atoms with van der Waals surface area (Å²) in [7, 11) is 1.50. The molecule has 0 bridgehead atoms. The molecule has 1 atom stereocenters. The van der Waals surface area contributed by atoms with Crippen LogP contribution in [0.3, 0.4) is 0 Å². The van der Waals surface area contributed by atoms with Crippen molar-refractivity contribution < 1.29 is 27.2 Å². The average molecular weight is 393 g/mol. The molecule has 1 unspecified atom stereocenters. The molecule has 0 spiro atoms. The minimum absolute atomic E-state index is 0.00322. The lowest BCUT2D eigenvalue weighted by Crippen LogP contribution is -2.35. The van der Waals surface area contributed by atoms with E-state index in [2.05, 4.69) is 15.5 Å². The third-order valence-corrected chi connectivity index (χ3v) is 4.16. The molecular weight excluding hydrogens is 375 g/mol. The Morgan fingerprint density at radius 2 is 2.04 bits per heavy atom. The number of hydrogen-bond donors (Lipinski definition) is 1. The fraction of sp³-hybridized carbons (Fsp3) is 0.316. The number of halogens is 3. The fourth-order valence-electron chi connectivity index (χ4n) is 2.96. The van der Waals surface area contributed by atoms with Gasteiger partial charge in [-0.15, -0.1) is 0 Å². The van der Waals surface area contributed by atoms with E-state index in [-0.39, 0.29) is 35.2 Å². The second-order valence-electron chi connectivity index (χ2n) is 6.38. The number of methoxy groups -OCH3 is 1. The van der Waals surface area contributed by atoms with Crippen LogP contribution in [0.2, 0.25) is 0 Å². The standard InChI is InChI=1S/C19H18F3N3O3/c1-10(9-27-3)23-17(26)13-8-15(24-18-16(13)11(2)25-28-18)12-6-4-5-7-14(12)19(20,21)22/h4-8,10H,9H2,1-3H3,(H,23,26). The van der Waals surface area contributed by atoms with Crippen LogP contribution in [0.1, 0.15) is 28.5 Å². The first-order chi connectivity index (χ1) is 13.2. The van der Waals surface area contributed by atoms with E-state index in [9.17, 15) is 18.0 Å². The third kappa shape index (κ3) is 3.84. The van der Waals surface area contributed by atoms with Gasteiger partial charge in [-0.3, -0.25) is 4.79 Å². The van der Waals surface area contributed by atoms with Gasteiger partial charge in [0.1, 0.15) is 0 Å². The first kappa shape index (κ1) is 19.8. The lowest BCUT2D eigenvalue weighted by molar-refractivity contribution is -0.137. The van der Waals surface area contributed by atoms with Gasteiger partial charge in [-0.05, 0) is 26.0 Å². The van der Waals surface area contributed by atoms with Crippen molar-refractivity contribution in [2.45, 2.75) is 26.1 Å². The van der Waals surface area contributed by atoms with Crippen LogP contribution in [-0.4, -0.2) is 35.8 Å². The second-order valence-corrected chi connectivity index (χ2v) is 6.38. The number of amides is 1. The van der Waals surface area contributed by atoms with Crippen LogP contribution >= 0.6 is 0 Å². The molecule has 0 aliphatic rings. The Kier molecular flexibility index (Phi) is 5.37. The normalized spacial score (nSPS) is 12.9. The van der Waals surface area contributed by atoms with Crippen LogP contribution in [0.25, 0.3) is 22.4 Å². The SMILES string of the molecule is COCC(C)NC(=O)c1cc(-c2ccccc2C(F)(F)F)nc2onc(C)c12. The van der Waals surface area contributed by atoms with Crippen molar-refractivity contribution in [2.75, 3.05) is 13.7 Å². The summed E-state index contributed by atoms with van der Waals surface area (Å²) < 4.78 is 50.4. The highest BCUT2D eigenvalue weighted by Crippen LogP contribution is 2.37. The first-order valence-corrected chi connectivity index (χ1v) is 8.45. The quantitative estimate of drug-likeness (QED) is 0.710. The number of aromatic nitrogens is 2. The zero-order valence-electron chi connectivity index (χ0n) is 15.4. The van der Waals surface area contributed by atoms with Crippen LogP contribution in [0, 0.1) is 6.92 Å². The van der Waals surface area contributed by atoms with Crippen molar-refractivity contribution in [2.24, 2.45) is 0 Å². The molecule has 0 fully saturated rings. The number of ether oxygens (including phenoxy) is 1. The smallest absolute Gasteiger partial charge is 0.383 e. The second kappa shape index (κ2) is 7.59. The Morgan fingerprint density at radius 1 is 1.32 bits per heavy atom. The van der Waals surface area contributed by atoms with E-state index in [0.29, 0.717) is 11.1 Å². The number of benzene rings is 1. The number of alkyl halides is 3. The van der Waals surface area contributed by atoms with Gasteiger partial charge >= 0.3 is 6.18 Å². The van der Waals surface area contributed by atoms with E-state index in [1.807, 2.05) is 0 Å². The van der Waals surface area contributed by atoms with Gasteiger partial charge in [-0.1, -0.05) is 23.4 Å². The van der Waals surface area contributed by atoms with Gasteiger partial charge in [0.2, 0.25) is 0 Å². The monoisotopic (exact) mass is 393 g/mol. The number of aryl methyl sites for hydroxylation is 1. The minimum atomic E-state index is -4.57. The van der Waals surface area contributed by atoms with Gasteiger partial charge in [-0.2, -0.15) is 13.2 Å². The number of carbonyl (C=O) groups is 1. The predicted molar refractivity (Wildman–Crippen MR) is 95.8 cm³/mol. The molecule has 0 saturated heterocycles. The molecule has 148 valence electrons. The molecule has 3 rings (SSSR count). The van der Waals surface area contributed by atoms with E-state index in [0.717, 1.165) is 6.07 Å². The number of nitrogens with zero attached hydrogens (tertiary/aromatic N) is 2. The highest BCUT2D eigenvalue weighted by Gasteiger charge is 2.34. The third-order valence-electron chi connectivity index (χ3n) is 4.16. The van der Waals surface area contributed by atoms with Crippen molar-refractivity contribution in [1.82, 2.24) is 15.5 Å². The maximum Gasteiger partial charge on any atom is 0.417 e. The van der Waals surface area contributed by atoms with Crippen molar-refractivity contribution in [3.8, 4) is 11.3 Å². The Hall–Kier alpha value is -2.94. The van der Waals surface area contributed by atoms with Gasteiger partial charge in [0.25, 0.3) is 11.6 Å². The topological polar surface area (TPSA) is 77.2 Å². The minimum Gasteiger partial charge on any atom is -0.383 e. The summed E-state index contributed by atoms with van der Waals surface area (Å²) in [5.74, 6) is -0.478. The molecule has 0 saturated carbocycles. The van der Waals surface area contributed by atoms with Crippen molar-refractivity contribution in [1.29, 1.82) is 0 Å². The van der Waals surface area contributed by atoms with E-state index >= 15 is 0 Å². The zero-order valence-corrected chi connectivity index (χ0v) is 15.4. The van der Waals surface area contributed by atoms with E-state index in [4.69, 9.17) is 9.26 Å². The van der Waals surface area contributed by atoms with E-state index in [1.54, 1.807) is 13.8 Å². The number of fused-ring (bicyclic) bond motifs is 1. The summed E-state index contributed by atoms with van der Waals surface area (Å²) in [6, 6.07) is 6.06. The number of carbonyl (C=O) groups excluding carboxylic acids is 1. The molecule has 9 heteroatoms. The Morgan fingerprint density at radius 3 is 2.71 bits per heavy atom. The first-order valence-electron chi connectivity index (χ1n) is 8.45. The van der Waals surface area contributed by atoms with Crippen molar-refractivity contribution in [3.63, 3.8) is 0 Å². The van der Waals surface area contributed by atoms with Gasteiger partial charge < -0.3 is 14.6 Å². The summed E-state index contributed by atoms with van der Waals surface area (Å²) >= 11 is 0. The van der Waals surface area contributed by atoms with Crippen LogP contribution in [0.15, 0.2) is 34.9 Å². The molecule has 6 nitrogen and oxygen atoms in total. The summed E-state index contributed by atoms with van der Waals surface area (Å²) in [5, 5.41) is 6.90. The molecule has 0 aliphatic heterocycles. The fourth-order valence-corrected chi connectivity index (χ4v) is 2.96. The Labute approximate surface area is 158 Å². The number of rotatable bonds is 5. The summed E-state index contributed by atoms with van der Waals surface area (Å²) in [4.78, 5) is 16.9. The summed E-state index contributed by atoms with van der Waals surface area (Å²) in [5.41, 5.74) is -0.471.